The van der Waals surface area contributed by atoms with E-state index in [4.69, 9.17) is 14.2 Å². The highest BCUT2D eigenvalue weighted by Crippen LogP contribution is 2.55. The van der Waals surface area contributed by atoms with Gasteiger partial charge in [-0.05, 0) is 24.5 Å². The number of carbonyl (C=O) groups is 1. The Kier molecular flexibility index (Phi) is 3.75. The third kappa shape index (κ3) is 2.75. The summed E-state index contributed by atoms with van der Waals surface area (Å²) in [5, 5.41) is 0. The summed E-state index contributed by atoms with van der Waals surface area (Å²) in [4.78, 5) is 11.8. The van der Waals surface area contributed by atoms with Gasteiger partial charge in [0.2, 0.25) is 5.75 Å². The number of hydrogen-bond acceptors (Lipinski definition) is 4. The maximum absolute atomic E-state index is 11.8. The largest absolute Gasteiger partial charge is 0.490 e. The van der Waals surface area contributed by atoms with Crippen molar-refractivity contribution in [3.63, 3.8) is 0 Å². The zero-order valence-electron chi connectivity index (χ0n) is 11.0. The molecule has 0 amide bonds. The smallest absolute Gasteiger partial charge is 0.342 e. The topological polar surface area (TPSA) is 48.1 Å². The number of benzene rings is 1. The molecule has 98 valence electrons. The van der Waals surface area contributed by atoms with Gasteiger partial charge in [-0.25, -0.2) is 4.79 Å². The minimum absolute atomic E-state index is 0.325. The SMILES string of the molecule is CCCOc1ccc(C(=O)OCC(C)C)c2c1O2. The highest BCUT2D eigenvalue weighted by Gasteiger charge is 2.33. The Morgan fingerprint density at radius 2 is 2.11 bits per heavy atom. The third-order valence-corrected chi connectivity index (χ3v) is 2.47. The molecule has 0 atom stereocenters. The molecule has 0 spiro atoms. The molecule has 18 heavy (non-hydrogen) atoms. The lowest BCUT2D eigenvalue weighted by Crippen LogP contribution is -2.09. The molecule has 1 aliphatic heterocycles. The van der Waals surface area contributed by atoms with Gasteiger partial charge in [0.1, 0.15) is 5.56 Å². The second-order valence-corrected chi connectivity index (χ2v) is 4.71. The van der Waals surface area contributed by atoms with Crippen LogP contribution in [0, 0.1) is 5.92 Å². The predicted molar refractivity (Wildman–Crippen MR) is 67.4 cm³/mol. The number of rotatable bonds is 6. The van der Waals surface area contributed by atoms with Crippen molar-refractivity contribution < 1.29 is 19.0 Å². The van der Waals surface area contributed by atoms with E-state index in [-0.39, 0.29) is 5.97 Å². The van der Waals surface area contributed by atoms with Crippen LogP contribution in [0.5, 0.6) is 17.2 Å². The van der Waals surface area contributed by atoms with Crippen molar-refractivity contribution in [1.29, 1.82) is 0 Å². The van der Waals surface area contributed by atoms with Gasteiger partial charge < -0.3 is 14.2 Å². The normalized spacial score (nSPS) is 11.8. The van der Waals surface area contributed by atoms with Gasteiger partial charge in [-0.1, -0.05) is 20.8 Å². The van der Waals surface area contributed by atoms with Gasteiger partial charge in [0.15, 0.2) is 11.5 Å². The highest BCUT2D eigenvalue weighted by molar-refractivity contribution is 5.96. The summed E-state index contributed by atoms with van der Waals surface area (Å²) in [6.45, 7) is 7.10. The molecule has 0 saturated carbocycles. The first-order valence-corrected chi connectivity index (χ1v) is 6.28. The molecule has 1 aromatic rings. The van der Waals surface area contributed by atoms with Crippen molar-refractivity contribution in [2.75, 3.05) is 13.2 Å². The van der Waals surface area contributed by atoms with E-state index in [0.29, 0.717) is 41.9 Å². The Morgan fingerprint density at radius 3 is 2.78 bits per heavy atom. The zero-order chi connectivity index (χ0) is 13.1. The molecule has 0 aliphatic carbocycles. The molecule has 0 fully saturated rings. The van der Waals surface area contributed by atoms with Crippen LogP contribution in [0.25, 0.3) is 0 Å². The number of hydrogen-bond donors (Lipinski definition) is 0. The first kappa shape index (κ1) is 12.7. The Morgan fingerprint density at radius 1 is 1.33 bits per heavy atom. The molecule has 0 radical (unpaired) electrons. The molecule has 0 aromatic heterocycles. The van der Waals surface area contributed by atoms with Gasteiger partial charge in [0.05, 0.1) is 13.2 Å². The summed E-state index contributed by atoms with van der Waals surface area (Å²) in [5.41, 5.74) is 0.481. The molecule has 1 aromatic carbocycles. The zero-order valence-corrected chi connectivity index (χ0v) is 11.0. The number of carbonyl (C=O) groups excluding carboxylic acids is 1. The predicted octanol–water partition coefficient (Wildman–Crippen LogP) is 3.39. The van der Waals surface area contributed by atoms with Crippen LogP contribution in [-0.2, 0) is 4.74 Å². The molecule has 0 bridgehead atoms. The van der Waals surface area contributed by atoms with Crippen LogP contribution in [0.15, 0.2) is 12.1 Å². The highest BCUT2D eigenvalue weighted by atomic mass is 16.6. The van der Waals surface area contributed by atoms with E-state index in [1.807, 2.05) is 20.8 Å². The molecular formula is C14H18O4. The summed E-state index contributed by atoms with van der Waals surface area (Å²) in [7, 11) is 0. The minimum Gasteiger partial charge on any atom is -0.490 e. The molecule has 4 heteroatoms. The second-order valence-electron chi connectivity index (χ2n) is 4.71. The first-order valence-electron chi connectivity index (χ1n) is 6.28. The lowest BCUT2D eigenvalue weighted by atomic mass is 10.2. The molecule has 0 N–H and O–H groups in total. The Labute approximate surface area is 107 Å². The van der Waals surface area contributed by atoms with Crippen LogP contribution in [0.4, 0.5) is 0 Å². The molecule has 0 saturated heterocycles. The minimum atomic E-state index is -0.334. The summed E-state index contributed by atoms with van der Waals surface area (Å²) >= 11 is 0. The van der Waals surface area contributed by atoms with Crippen LogP contribution in [-0.4, -0.2) is 19.2 Å². The van der Waals surface area contributed by atoms with E-state index >= 15 is 0 Å². The van der Waals surface area contributed by atoms with Crippen molar-refractivity contribution >= 4 is 5.97 Å². The van der Waals surface area contributed by atoms with Crippen molar-refractivity contribution in [1.82, 2.24) is 0 Å². The van der Waals surface area contributed by atoms with E-state index in [1.165, 1.54) is 0 Å². The number of esters is 1. The lowest BCUT2D eigenvalue weighted by Gasteiger charge is -2.06. The fourth-order valence-electron chi connectivity index (χ4n) is 1.53. The quantitative estimate of drug-likeness (QED) is 0.582. The molecule has 1 heterocycles. The van der Waals surface area contributed by atoms with E-state index in [2.05, 4.69) is 0 Å². The van der Waals surface area contributed by atoms with Gasteiger partial charge in [-0.2, -0.15) is 0 Å². The summed E-state index contributed by atoms with van der Waals surface area (Å²) in [6.07, 6.45) is 0.937. The number of fused-ring (bicyclic) bond motifs is 1. The molecular weight excluding hydrogens is 232 g/mol. The van der Waals surface area contributed by atoms with Crippen LogP contribution in [0.2, 0.25) is 0 Å². The third-order valence-electron chi connectivity index (χ3n) is 2.47. The summed E-state index contributed by atoms with van der Waals surface area (Å²) in [6, 6.07) is 3.45. The average Bonchev–Trinajstić information content (AvgIpc) is 3.13. The van der Waals surface area contributed by atoms with Gasteiger partial charge in [0.25, 0.3) is 0 Å². The van der Waals surface area contributed by atoms with Crippen LogP contribution in [0.1, 0.15) is 37.6 Å². The summed E-state index contributed by atoms with van der Waals surface area (Å²) in [5.74, 6) is 1.96. The van der Waals surface area contributed by atoms with Crippen LogP contribution < -0.4 is 9.47 Å². The molecule has 2 rings (SSSR count). The van der Waals surface area contributed by atoms with E-state index < -0.39 is 0 Å². The van der Waals surface area contributed by atoms with Gasteiger partial charge in [-0.15, -0.1) is 0 Å². The van der Waals surface area contributed by atoms with Crippen molar-refractivity contribution in [3.8, 4) is 17.2 Å². The van der Waals surface area contributed by atoms with E-state index in [9.17, 15) is 4.79 Å². The monoisotopic (exact) mass is 250 g/mol. The molecule has 4 nitrogen and oxygen atoms in total. The Hall–Kier alpha value is -1.71. The van der Waals surface area contributed by atoms with Gasteiger partial charge >= 0.3 is 5.97 Å². The fraction of sp³-hybridized carbons (Fsp3) is 0.500. The average molecular weight is 250 g/mol. The van der Waals surface area contributed by atoms with Gasteiger partial charge in [0, 0.05) is 0 Å². The molecule has 1 aliphatic rings. The fourth-order valence-corrected chi connectivity index (χ4v) is 1.53. The lowest BCUT2D eigenvalue weighted by molar-refractivity contribution is 0.0458. The van der Waals surface area contributed by atoms with Crippen molar-refractivity contribution in [2.24, 2.45) is 5.92 Å². The van der Waals surface area contributed by atoms with Crippen molar-refractivity contribution in [3.05, 3.63) is 17.7 Å². The van der Waals surface area contributed by atoms with Crippen molar-refractivity contribution in [2.45, 2.75) is 27.2 Å². The standard InChI is InChI=1S/C14H18O4/c1-4-7-16-11-6-5-10(12-13(11)18-12)14(15)17-8-9(2)3/h5-6,9H,4,7-8H2,1-3H3. The molecule has 0 unspecified atom stereocenters. The Bertz CT molecular complexity index is 451. The summed E-state index contributed by atoms with van der Waals surface area (Å²) < 4.78 is 16.0. The van der Waals surface area contributed by atoms with E-state index in [1.54, 1.807) is 12.1 Å². The van der Waals surface area contributed by atoms with Crippen LogP contribution in [0.3, 0.4) is 0 Å². The Balaban J connectivity index is 2.02. The second kappa shape index (κ2) is 5.29. The maximum atomic E-state index is 11.8. The number of ether oxygens (including phenoxy) is 3. The first-order chi connectivity index (χ1) is 8.63. The maximum Gasteiger partial charge on any atom is 0.342 e. The van der Waals surface area contributed by atoms with Crippen LogP contribution >= 0.6 is 0 Å². The van der Waals surface area contributed by atoms with Gasteiger partial charge in [-0.3, -0.25) is 0 Å². The van der Waals surface area contributed by atoms with E-state index in [0.717, 1.165) is 6.42 Å².